The van der Waals surface area contributed by atoms with Gasteiger partial charge >= 0.3 is 6.03 Å². The first-order chi connectivity index (χ1) is 10.5. The second kappa shape index (κ2) is 7.04. The molecule has 2 amide bonds. The predicted molar refractivity (Wildman–Crippen MR) is 88.4 cm³/mol. The summed E-state index contributed by atoms with van der Waals surface area (Å²) in [5.74, 6) is 1.02. The highest BCUT2D eigenvalue weighted by atomic mass is 35.5. The molecule has 0 saturated heterocycles. The van der Waals surface area contributed by atoms with Crippen molar-refractivity contribution in [3.05, 3.63) is 47.0 Å². The molecule has 2 N–H and O–H groups in total. The Kier molecular flexibility index (Phi) is 5.12. The van der Waals surface area contributed by atoms with E-state index in [2.05, 4.69) is 10.6 Å². The van der Waals surface area contributed by atoms with E-state index in [9.17, 15) is 4.79 Å². The number of urea groups is 1. The number of amides is 2. The molecule has 6 heteroatoms. The molecule has 5 nitrogen and oxygen atoms in total. The van der Waals surface area contributed by atoms with Crippen molar-refractivity contribution in [2.75, 3.05) is 24.9 Å². The molecule has 0 aliphatic carbocycles. The van der Waals surface area contributed by atoms with E-state index in [0.29, 0.717) is 27.9 Å². The second-order valence-corrected chi connectivity index (χ2v) is 4.99. The highest BCUT2D eigenvalue weighted by molar-refractivity contribution is 6.31. The summed E-state index contributed by atoms with van der Waals surface area (Å²) in [5.41, 5.74) is 2.00. The summed E-state index contributed by atoms with van der Waals surface area (Å²) in [6.45, 7) is 1.89. The maximum Gasteiger partial charge on any atom is 0.323 e. The van der Waals surface area contributed by atoms with E-state index >= 15 is 0 Å². The number of carbonyl (C=O) groups is 1. The molecule has 0 aliphatic heterocycles. The third-order valence-corrected chi connectivity index (χ3v) is 3.50. The molecule has 0 aromatic heterocycles. The van der Waals surface area contributed by atoms with E-state index in [1.165, 1.54) is 14.2 Å². The van der Waals surface area contributed by atoms with Crippen LogP contribution in [0, 0.1) is 6.92 Å². The number of para-hydroxylation sites is 1. The van der Waals surface area contributed by atoms with E-state index in [4.69, 9.17) is 21.1 Å². The Balaban J connectivity index is 2.17. The van der Waals surface area contributed by atoms with Gasteiger partial charge in [0.15, 0.2) is 0 Å². The lowest BCUT2D eigenvalue weighted by molar-refractivity contribution is 0.262. The Labute approximate surface area is 134 Å². The number of halogens is 1. The van der Waals surface area contributed by atoms with E-state index in [-0.39, 0.29) is 0 Å². The molecule has 0 unspecified atom stereocenters. The van der Waals surface area contributed by atoms with Crippen molar-refractivity contribution in [1.82, 2.24) is 0 Å². The Morgan fingerprint density at radius 1 is 1.05 bits per heavy atom. The number of hydrogen-bond donors (Lipinski definition) is 2. The molecule has 22 heavy (non-hydrogen) atoms. The van der Waals surface area contributed by atoms with Crippen molar-refractivity contribution >= 4 is 29.0 Å². The molecule has 0 atom stereocenters. The number of rotatable bonds is 4. The molecule has 2 aromatic carbocycles. The van der Waals surface area contributed by atoms with Crippen molar-refractivity contribution in [2.45, 2.75) is 6.92 Å². The standard InChI is InChI=1S/C16H17ClN2O3/c1-10-7-8-11(9-12(10)17)18-16(20)19-15-13(21-2)5-4-6-14(15)22-3/h4-9H,1-3H3,(H2,18,19,20). The number of hydrogen-bond acceptors (Lipinski definition) is 3. The minimum atomic E-state index is -0.414. The Bertz CT molecular complexity index is 667. The zero-order chi connectivity index (χ0) is 16.1. The largest absolute Gasteiger partial charge is 0.494 e. The highest BCUT2D eigenvalue weighted by Crippen LogP contribution is 2.34. The van der Waals surface area contributed by atoms with Crippen LogP contribution >= 0.6 is 11.6 Å². The smallest absolute Gasteiger partial charge is 0.323 e. The van der Waals surface area contributed by atoms with Crippen LogP contribution in [0.15, 0.2) is 36.4 Å². The van der Waals surface area contributed by atoms with Crippen LogP contribution in [0.5, 0.6) is 11.5 Å². The topological polar surface area (TPSA) is 59.6 Å². The lowest BCUT2D eigenvalue weighted by Crippen LogP contribution is -2.20. The van der Waals surface area contributed by atoms with Gasteiger partial charge in [-0.05, 0) is 36.8 Å². The van der Waals surface area contributed by atoms with Crippen LogP contribution in [-0.4, -0.2) is 20.3 Å². The van der Waals surface area contributed by atoms with Gasteiger partial charge in [0.2, 0.25) is 0 Å². The van der Waals surface area contributed by atoms with Gasteiger partial charge in [-0.1, -0.05) is 23.7 Å². The summed E-state index contributed by atoms with van der Waals surface area (Å²) in [6, 6.07) is 10.1. The van der Waals surface area contributed by atoms with Gasteiger partial charge in [-0.2, -0.15) is 0 Å². The van der Waals surface area contributed by atoms with Gasteiger partial charge in [0.25, 0.3) is 0 Å². The summed E-state index contributed by atoms with van der Waals surface area (Å²) >= 11 is 6.04. The predicted octanol–water partition coefficient (Wildman–Crippen LogP) is 4.31. The maximum atomic E-state index is 12.1. The maximum absolute atomic E-state index is 12.1. The molecule has 0 aliphatic rings. The molecule has 0 heterocycles. The van der Waals surface area contributed by atoms with Crippen LogP contribution in [0.2, 0.25) is 5.02 Å². The molecular weight excluding hydrogens is 304 g/mol. The van der Waals surface area contributed by atoms with Gasteiger partial charge in [0, 0.05) is 10.7 Å². The zero-order valence-electron chi connectivity index (χ0n) is 12.6. The van der Waals surface area contributed by atoms with E-state index < -0.39 is 6.03 Å². The molecule has 0 spiro atoms. The Hall–Kier alpha value is -2.40. The molecule has 2 aromatic rings. The quantitative estimate of drug-likeness (QED) is 0.882. The average Bonchev–Trinajstić information content (AvgIpc) is 2.51. The van der Waals surface area contributed by atoms with Crippen molar-refractivity contribution < 1.29 is 14.3 Å². The van der Waals surface area contributed by atoms with E-state index in [1.54, 1.807) is 30.3 Å². The van der Waals surface area contributed by atoms with Gasteiger partial charge < -0.3 is 20.1 Å². The van der Waals surface area contributed by atoms with Crippen LogP contribution in [0.3, 0.4) is 0 Å². The first kappa shape index (κ1) is 16.0. The number of nitrogens with one attached hydrogen (secondary N) is 2. The number of methoxy groups -OCH3 is 2. The van der Waals surface area contributed by atoms with Crippen LogP contribution in [-0.2, 0) is 0 Å². The molecular formula is C16H17ClN2O3. The second-order valence-electron chi connectivity index (χ2n) is 4.58. The summed E-state index contributed by atoms with van der Waals surface area (Å²) in [5, 5.41) is 6.03. The summed E-state index contributed by atoms with van der Waals surface area (Å²) in [7, 11) is 3.05. The fraction of sp³-hybridized carbons (Fsp3) is 0.188. The number of ether oxygens (including phenoxy) is 2. The fourth-order valence-electron chi connectivity index (χ4n) is 1.92. The van der Waals surface area contributed by atoms with Crippen molar-refractivity contribution in [1.29, 1.82) is 0 Å². The molecule has 0 saturated carbocycles. The monoisotopic (exact) mass is 320 g/mol. The summed E-state index contributed by atoms with van der Waals surface area (Å²) in [4.78, 5) is 12.1. The number of carbonyl (C=O) groups excluding carboxylic acids is 1. The van der Waals surface area contributed by atoms with Crippen LogP contribution in [0.1, 0.15) is 5.56 Å². The van der Waals surface area contributed by atoms with Gasteiger partial charge in [0.05, 0.1) is 14.2 Å². The number of anilines is 2. The third kappa shape index (κ3) is 3.62. The van der Waals surface area contributed by atoms with Crippen molar-refractivity contribution in [3.63, 3.8) is 0 Å². The van der Waals surface area contributed by atoms with E-state index in [0.717, 1.165) is 5.56 Å². The van der Waals surface area contributed by atoms with E-state index in [1.807, 2.05) is 13.0 Å². The van der Waals surface area contributed by atoms with Crippen LogP contribution in [0.4, 0.5) is 16.2 Å². The Morgan fingerprint density at radius 3 is 2.23 bits per heavy atom. The highest BCUT2D eigenvalue weighted by Gasteiger charge is 2.13. The molecule has 0 radical (unpaired) electrons. The minimum Gasteiger partial charge on any atom is -0.494 e. The van der Waals surface area contributed by atoms with Gasteiger partial charge in [0.1, 0.15) is 17.2 Å². The first-order valence-corrected chi connectivity index (χ1v) is 6.98. The molecule has 0 bridgehead atoms. The van der Waals surface area contributed by atoms with Gasteiger partial charge in [-0.3, -0.25) is 0 Å². The summed E-state index contributed by atoms with van der Waals surface area (Å²) in [6.07, 6.45) is 0. The SMILES string of the molecule is COc1cccc(OC)c1NC(=O)Nc1ccc(C)c(Cl)c1. The van der Waals surface area contributed by atoms with Crippen LogP contribution < -0.4 is 20.1 Å². The number of aryl methyl sites for hydroxylation is 1. The normalized spacial score (nSPS) is 10.0. The van der Waals surface area contributed by atoms with Crippen molar-refractivity contribution in [2.24, 2.45) is 0 Å². The Morgan fingerprint density at radius 2 is 1.68 bits per heavy atom. The lowest BCUT2D eigenvalue weighted by Gasteiger charge is -2.14. The average molecular weight is 321 g/mol. The summed E-state index contributed by atoms with van der Waals surface area (Å²) < 4.78 is 10.5. The van der Waals surface area contributed by atoms with Gasteiger partial charge in [-0.15, -0.1) is 0 Å². The fourth-order valence-corrected chi connectivity index (χ4v) is 2.10. The van der Waals surface area contributed by atoms with Gasteiger partial charge in [-0.25, -0.2) is 4.79 Å². The molecule has 2 rings (SSSR count). The number of benzene rings is 2. The molecule has 116 valence electrons. The van der Waals surface area contributed by atoms with Crippen molar-refractivity contribution in [3.8, 4) is 11.5 Å². The zero-order valence-corrected chi connectivity index (χ0v) is 13.3. The molecule has 0 fully saturated rings. The lowest BCUT2D eigenvalue weighted by atomic mass is 10.2. The first-order valence-electron chi connectivity index (χ1n) is 6.60. The minimum absolute atomic E-state index is 0.414. The third-order valence-electron chi connectivity index (χ3n) is 3.10. The van der Waals surface area contributed by atoms with Crippen LogP contribution in [0.25, 0.3) is 0 Å².